The molecule has 0 bridgehead atoms. The SMILES string of the molecule is CC1=NC2=CC=CC(=O)C2=N1. The highest BCUT2D eigenvalue weighted by Gasteiger charge is 2.20. The molecule has 0 radical (unpaired) electrons. The van der Waals surface area contributed by atoms with E-state index in [0.717, 1.165) is 0 Å². The first kappa shape index (κ1) is 6.22. The highest BCUT2D eigenvalue weighted by molar-refractivity contribution is 6.52. The Bertz CT molecular complexity index is 345. The van der Waals surface area contributed by atoms with Crippen molar-refractivity contribution in [3.63, 3.8) is 0 Å². The lowest BCUT2D eigenvalue weighted by Crippen LogP contribution is -2.13. The van der Waals surface area contributed by atoms with Crippen LogP contribution in [-0.2, 0) is 4.79 Å². The van der Waals surface area contributed by atoms with Gasteiger partial charge < -0.3 is 0 Å². The van der Waals surface area contributed by atoms with Gasteiger partial charge in [-0.25, -0.2) is 9.98 Å². The summed E-state index contributed by atoms with van der Waals surface area (Å²) in [5.41, 5.74) is 1.17. The fourth-order valence-corrected chi connectivity index (χ4v) is 1.07. The Kier molecular flexibility index (Phi) is 1.12. The number of aliphatic imine (C=N–C) groups is 2. The van der Waals surface area contributed by atoms with E-state index in [0.29, 0.717) is 17.2 Å². The van der Waals surface area contributed by atoms with E-state index in [4.69, 9.17) is 0 Å². The van der Waals surface area contributed by atoms with Gasteiger partial charge in [-0.15, -0.1) is 0 Å². The van der Waals surface area contributed by atoms with Crippen LogP contribution < -0.4 is 0 Å². The first-order chi connectivity index (χ1) is 5.27. The first-order valence-electron chi connectivity index (χ1n) is 3.34. The molecule has 0 aromatic heterocycles. The summed E-state index contributed by atoms with van der Waals surface area (Å²) in [6.45, 7) is 1.78. The van der Waals surface area contributed by atoms with Crippen molar-refractivity contribution in [2.24, 2.45) is 9.98 Å². The lowest BCUT2D eigenvalue weighted by Gasteiger charge is -1.98. The third-order valence-electron chi connectivity index (χ3n) is 1.53. The van der Waals surface area contributed by atoms with E-state index in [9.17, 15) is 4.79 Å². The zero-order valence-corrected chi connectivity index (χ0v) is 6.03. The van der Waals surface area contributed by atoms with Crippen LogP contribution in [0.25, 0.3) is 0 Å². The van der Waals surface area contributed by atoms with E-state index in [1.807, 2.05) is 0 Å². The number of hydrogen-bond donors (Lipinski definition) is 0. The lowest BCUT2D eigenvalue weighted by atomic mass is 10.1. The van der Waals surface area contributed by atoms with Gasteiger partial charge in [-0.3, -0.25) is 4.79 Å². The highest BCUT2D eigenvalue weighted by Crippen LogP contribution is 2.14. The summed E-state index contributed by atoms with van der Waals surface area (Å²) in [5, 5.41) is 0. The van der Waals surface area contributed by atoms with Gasteiger partial charge in [0.2, 0.25) is 5.78 Å². The third-order valence-corrected chi connectivity index (χ3v) is 1.53. The van der Waals surface area contributed by atoms with E-state index in [2.05, 4.69) is 9.98 Å². The Labute approximate surface area is 63.9 Å². The largest absolute Gasteiger partial charge is 0.287 e. The van der Waals surface area contributed by atoms with Crippen molar-refractivity contribution in [3.8, 4) is 0 Å². The van der Waals surface area contributed by atoms with Crippen molar-refractivity contribution in [2.45, 2.75) is 6.92 Å². The molecule has 0 aromatic carbocycles. The van der Waals surface area contributed by atoms with E-state index < -0.39 is 0 Å². The number of hydrogen-bond acceptors (Lipinski definition) is 3. The summed E-state index contributed by atoms with van der Waals surface area (Å²) in [5.74, 6) is 0.603. The van der Waals surface area contributed by atoms with Gasteiger partial charge in [-0.1, -0.05) is 6.08 Å². The second-order valence-electron chi connectivity index (χ2n) is 2.39. The molecule has 0 saturated carbocycles. The molecule has 0 atom stereocenters. The molecule has 3 nitrogen and oxygen atoms in total. The molecular weight excluding hydrogens is 140 g/mol. The zero-order chi connectivity index (χ0) is 7.84. The molecule has 0 fully saturated rings. The Balaban J connectivity index is 2.53. The van der Waals surface area contributed by atoms with Crippen molar-refractivity contribution in [2.75, 3.05) is 0 Å². The van der Waals surface area contributed by atoms with E-state index in [1.165, 1.54) is 6.08 Å². The number of carbonyl (C=O) groups excluding carboxylic acids is 1. The van der Waals surface area contributed by atoms with Gasteiger partial charge >= 0.3 is 0 Å². The number of carbonyl (C=O) groups is 1. The van der Waals surface area contributed by atoms with Crippen molar-refractivity contribution < 1.29 is 4.79 Å². The van der Waals surface area contributed by atoms with Gasteiger partial charge in [-0.05, 0) is 19.1 Å². The second-order valence-corrected chi connectivity index (χ2v) is 2.39. The normalized spacial score (nSPS) is 20.8. The van der Waals surface area contributed by atoms with Crippen LogP contribution >= 0.6 is 0 Å². The van der Waals surface area contributed by atoms with Gasteiger partial charge in [0.05, 0.1) is 5.70 Å². The van der Waals surface area contributed by atoms with Crippen molar-refractivity contribution in [1.82, 2.24) is 0 Å². The first-order valence-corrected chi connectivity index (χ1v) is 3.34. The molecule has 0 spiro atoms. The van der Waals surface area contributed by atoms with Gasteiger partial charge in [0.25, 0.3) is 0 Å². The molecular formula is C8H6N2O. The molecule has 2 aliphatic rings. The molecule has 0 unspecified atom stereocenters. The quantitative estimate of drug-likeness (QED) is 0.468. The summed E-state index contributed by atoms with van der Waals surface area (Å²) in [6.07, 6.45) is 4.98. The topological polar surface area (TPSA) is 41.8 Å². The predicted molar refractivity (Wildman–Crippen MR) is 42.8 cm³/mol. The van der Waals surface area contributed by atoms with E-state index >= 15 is 0 Å². The number of allylic oxidation sites excluding steroid dienone is 4. The highest BCUT2D eigenvalue weighted by atomic mass is 16.1. The number of nitrogens with zero attached hydrogens (tertiary/aromatic N) is 2. The Morgan fingerprint density at radius 2 is 2.18 bits per heavy atom. The number of rotatable bonds is 0. The van der Waals surface area contributed by atoms with Crippen LogP contribution in [0.2, 0.25) is 0 Å². The fraction of sp³-hybridized carbons (Fsp3) is 0.125. The third kappa shape index (κ3) is 0.852. The minimum Gasteiger partial charge on any atom is -0.287 e. The van der Waals surface area contributed by atoms with Crippen LogP contribution in [-0.4, -0.2) is 17.3 Å². The van der Waals surface area contributed by atoms with Crippen molar-refractivity contribution in [3.05, 3.63) is 23.9 Å². The molecule has 1 heterocycles. The smallest absolute Gasteiger partial charge is 0.206 e. The molecule has 0 saturated heterocycles. The summed E-state index contributed by atoms with van der Waals surface area (Å²) in [7, 11) is 0. The van der Waals surface area contributed by atoms with Gasteiger partial charge in [0.1, 0.15) is 11.5 Å². The monoisotopic (exact) mass is 146 g/mol. The molecule has 0 amide bonds. The molecule has 0 N–H and O–H groups in total. The average molecular weight is 146 g/mol. The number of ketones is 1. The van der Waals surface area contributed by atoms with Crippen LogP contribution in [0.15, 0.2) is 33.9 Å². The van der Waals surface area contributed by atoms with Crippen LogP contribution in [0.1, 0.15) is 6.92 Å². The summed E-state index contributed by atoms with van der Waals surface area (Å²) >= 11 is 0. The lowest BCUT2D eigenvalue weighted by molar-refractivity contribution is -0.108. The average Bonchev–Trinajstić information content (AvgIpc) is 2.31. The van der Waals surface area contributed by atoms with Crippen molar-refractivity contribution in [1.29, 1.82) is 0 Å². The maximum atomic E-state index is 11.1. The van der Waals surface area contributed by atoms with Crippen LogP contribution in [0.5, 0.6) is 0 Å². The van der Waals surface area contributed by atoms with Gasteiger partial charge in [0.15, 0.2) is 0 Å². The maximum absolute atomic E-state index is 11.1. The van der Waals surface area contributed by atoms with Crippen LogP contribution in [0.4, 0.5) is 0 Å². The summed E-state index contributed by atoms with van der Waals surface area (Å²) < 4.78 is 0. The molecule has 2 rings (SSSR count). The van der Waals surface area contributed by atoms with Crippen LogP contribution in [0.3, 0.4) is 0 Å². The summed E-state index contributed by atoms with van der Waals surface area (Å²) in [6, 6.07) is 0. The minimum absolute atomic E-state index is 0.0527. The molecule has 3 heteroatoms. The van der Waals surface area contributed by atoms with Gasteiger partial charge in [-0.2, -0.15) is 0 Å². The minimum atomic E-state index is -0.0527. The van der Waals surface area contributed by atoms with Gasteiger partial charge in [0, 0.05) is 0 Å². The molecule has 1 aliphatic carbocycles. The van der Waals surface area contributed by atoms with E-state index in [-0.39, 0.29) is 5.78 Å². The van der Waals surface area contributed by atoms with Crippen molar-refractivity contribution >= 4 is 17.3 Å². The second kappa shape index (κ2) is 1.99. The predicted octanol–water partition coefficient (Wildman–Crippen LogP) is 0.882. The molecule has 1 aliphatic heterocycles. The maximum Gasteiger partial charge on any atom is 0.206 e. The number of amidine groups is 1. The Morgan fingerprint density at radius 3 is 2.91 bits per heavy atom. The summed E-state index contributed by atoms with van der Waals surface area (Å²) in [4.78, 5) is 19.1. The Hall–Kier alpha value is -1.51. The Morgan fingerprint density at radius 1 is 1.36 bits per heavy atom. The van der Waals surface area contributed by atoms with E-state index in [1.54, 1.807) is 19.1 Å². The zero-order valence-electron chi connectivity index (χ0n) is 6.03. The molecule has 0 aromatic rings. The molecule has 11 heavy (non-hydrogen) atoms. The molecule has 54 valence electrons. The fourth-order valence-electron chi connectivity index (χ4n) is 1.07. The standard InChI is InChI=1S/C8H6N2O/c1-5-9-6-3-2-4-7(11)8(6)10-5/h2-4H,1H3. The number of fused-ring (bicyclic) bond motifs is 1. The van der Waals surface area contributed by atoms with Crippen LogP contribution in [0, 0.1) is 0 Å².